The van der Waals surface area contributed by atoms with Crippen LogP contribution in [0.15, 0.2) is 0 Å². The number of hydrogen-bond donors (Lipinski definition) is 6. The van der Waals surface area contributed by atoms with Gasteiger partial charge in [-0.05, 0) is 106 Å². The van der Waals surface area contributed by atoms with Crippen molar-refractivity contribution in [3.63, 3.8) is 0 Å². The average molecular weight is 624 g/mol. The van der Waals surface area contributed by atoms with Crippen LogP contribution < -0.4 is 11.1 Å². The number of rotatable bonds is 12. The molecule has 5 rings (SSSR count). The minimum absolute atomic E-state index is 0.0401. The maximum absolute atomic E-state index is 14.8. The highest BCUT2D eigenvalue weighted by Gasteiger charge is 2.65. The number of methoxy groups -OCH3 is 2. The standard InChI is InChI=1S/C35H62N2O7/c1-43-29-19-22(6-9-25(29)38)7-10-26(39)32(27(40)11-8-23-18-28(41)33(42)30(20-23)44-2)35(24-12-17-37-31(36)21-24)16-5-15-34(35)13-3-4-14-34/h22-26,28-33,37-39,41-42H,3-21,36H2,1-2H3/p+1/t22?,23?,24?,25?,26-,28?,29?,30?,31?,32-,33?,35+/m1/s1. The number of aliphatic hydroxyl groups is 4. The van der Waals surface area contributed by atoms with Crippen molar-refractivity contribution >= 4 is 5.78 Å². The molecule has 1 saturated heterocycles. The molecule has 12 atom stereocenters. The summed E-state index contributed by atoms with van der Waals surface area (Å²) in [5, 5.41) is 45.8. The molecule has 5 aliphatic rings. The summed E-state index contributed by atoms with van der Waals surface area (Å²) in [7, 11) is 3.23. The number of ether oxygens (including phenoxy) is 2. The van der Waals surface area contributed by atoms with Crippen LogP contribution in [0.25, 0.3) is 0 Å². The molecule has 4 aliphatic carbocycles. The molecule has 9 heteroatoms. The number of piperidine rings is 1. The number of nitrogens with two attached hydrogens (primary N) is 2. The molecule has 9 nitrogen and oxygen atoms in total. The monoisotopic (exact) mass is 623 g/mol. The number of ketones is 1. The van der Waals surface area contributed by atoms with Crippen molar-refractivity contribution in [2.75, 3.05) is 20.8 Å². The zero-order valence-corrected chi connectivity index (χ0v) is 27.5. The first-order valence-electron chi connectivity index (χ1n) is 18.0. The van der Waals surface area contributed by atoms with Crippen LogP contribution >= 0.6 is 0 Å². The van der Waals surface area contributed by atoms with Crippen LogP contribution in [0.2, 0.25) is 0 Å². The van der Waals surface area contributed by atoms with Crippen LogP contribution in [-0.4, -0.2) is 89.8 Å². The number of aliphatic hydroxyl groups excluding tert-OH is 4. The molecule has 0 aromatic carbocycles. The third-order valence-corrected chi connectivity index (χ3v) is 13.4. The number of hydrogen-bond acceptors (Lipinski definition) is 8. The summed E-state index contributed by atoms with van der Waals surface area (Å²) in [6.07, 6.45) is 12.5. The van der Waals surface area contributed by atoms with Gasteiger partial charge in [0.05, 0.1) is 43.0 Å². The molecule has 44 heavy (non-hydrogen) atoms. The zero-order chi connectivity index (χ0) is 31.5. The summed E-state index contributed by atoms with van der Waals surface area (Å²) < 4.78 is 11.1. The molecule has 9 unspecified atom stereocenters. The minimum atomic E-state index is -0.892. The lowest BCUT2D eigenvalue weighted by atomic mass is 9.48. The number of carbonyl (C=O) groups excluding carboxylic acids is 1. The second-order valence-electron chi connectivity index (χ2n) is 15.6. The summed E-state index contributed by atoms with van der Waals surface area (Å²) in [5.41, 5.74) is 6.46. The van der Waals surface area contributed by atoms with Crippen molar-refractivity contribution in [1.82, 2.24) is 0 Å². The van der Waals surface area contributed by atoms with E-state index < -0.39 is 36.4 Å². The van der Waals surface area contributed by atoms with Gasteiger partial charge in [0.15, 0.2) is 0 Å². The van der Waals surface area contributed by atoms with Gasteiger partial charge in [-0.1, -0.05) is 19.3 Å². The summed E-state index contributed by atoms with van der Waals surface area (Å²) in [6.45, 7) is 0.976. The predicted molar refractivity (Wildman–Crippen MR) is 167 cm³/mol. The van der Waals surface area contributed by atoms with E-state index in [4.69, 9.17) is 15.2 Å². The van der Waals surface area contributed by atoms with Crippen LogP contribution in [0, 0.1) is 34.5 Å². The van der Waals surface area contributed by atoms with E-state index in [9.17, 15) is 25.2 Å². The smallest absolute Gasteiger partial charge is 0.139 e. The first-order valence-corrected chi connectivity index (χ1v) is 18.0. The lowest BCUT2D eigenvalue weighted by Crippen LogP contribution is -2.95. The van der Waals surface area contributed by atoms with Crippen molar-refractivity contribution in [2.24, 2.45) is 40.2 Å². The average Bonchev–Trinajstić information content (AvgIpc) is 3.65. The van der Waals surface area contributed by atoms with Crippen molar-refractivity contribution < 1.29 is 40.0 Å². The van der Waals surface area contributed by atoms with E-state index in [1.165, 1.54) is 12.8 Å². The highest BCUT2D eigenvalue weighted by molar-refractivity contribution is 5.82. The van der Waals surface area contributed by atoms with Crippen LogP contribution in [-0.2, 0) is 14.3 Å². The van der Waals surface area contributed by atoms with Crippen LogP contribution in [0.4, 0.5) is 0 Å². The zero-order valence-electron chi connectivity index (χ0n) is 27.5. The van der Waals surface area contributed by atoms with Crippen molar-refractivity contribution in [1.29, 1.82) is 0 Å². The largest absolute Gasteiger partial charge is 0.392 e. The SMILES string of the molecule is COC1CC(CC[C@@H](O)[C@H](C(=O)CCC2CC(O)C(O)C(OC)C2)[C@@]2(C3CC[NH2+]C(N)C3)CCCC23CCCC3)CCC1O. The molecule has 1 spiro atoms. The molecule has 1 heterocycles. The Kier molecular flexibility index (Phi) is 11.9. The topological polar surface area (TPSA) is 159 Å². The Bertz CT molecular complexity index is 925. The van der Waals surface area contributed by atoms with Crippen LogP contribution in [0.1, 0.15) is 116 Å². The maximum Gasteiger partial charge on any atom is 0.139 e. The van der Waals surface area contributed by atoms with Gasteiger partial charge in [0.1, 0.15) is 18.1 Å². The van der Waals surface area contributed by atoms with E-state index in [-0.39, 0.29) is 34.8 Å². The van der Waals surface area contributed by atoms with Gasteiger partial charge in [0.25, 0.3) is 0 Å². The van der Waals surface area contributed by atoms with Crippen molar-refractivity contribution in [3.8, 4) is 0 Å². The van der Waals surface area contributed by atoms with Crippen molar-refractivity contribution in [3.05, 3.63) is 0 Å². The number of Topliss-reactive ketones (excluding diaryl/α,β-unsaturated/α-hetero) is 1. The fourth-order valence-electron chi connectivity index (χ4n) is 11.3. The van der Waals surface area contributed by atoms with Gasteiger partial charge >= 0.3 is 0 Å². The molecular formula is C35H63N2O7+. The fraction of sp³-hybridized carbons (Fsp3) is 0.971. The Balaban J connectivity index is 1.40. The molecule has 4 saturated carbocycles. The molecule has 254 valence electrons. The Morgan fingerprint density at radius 2 is 1.57 bits per heavy atom. The van der Waals surface area contributed by atoms with Gasteiger partial charge in [0, 0.05) is 33.5 Å². The Morgan fingerprint density at radius 3 is 2.27 bits per heavy atom. The molecule has 0 aromatic rings. The van der Waals surface area contributed by atoms with Gasteiger partial charge in [0.2, 0.25) is 0 Å². The molecular weight excluding hydrogens is 560 g/mol. The second-order valence-corrected chi connectivity index (χ2v) is 15.6. The van der Waals surface area contributed by atoms with E-state index in [2.05, 4.69) is 5.32 Å². The van der Waals surface area contributed by atoms with E-state index >= 15 is 0 Å². The van der Waals surface area contributed by atoms with Gasteiger partial charge in [-0.2, -0.15) is 0 Å². The lowest BCUT2D eigenvalue weighted by molar-refractivity contribution is -0.700. The van der Waals surface area contributed by atoms with Gasteiger partial charge in [-0.25, -0.2) is 0 Å². The summed E-state index contributed by atoms with van der Waals surface area (Å²) >= 11 is 0. The highest BCUT2D eigenvalue weighted by atomic mass is 16.5. The highest BCUT2D eigenvalue weighted by Crippen LogP contribution is 2.69. The Hall–Kier alpha value is -0.650. The van der Waals surface area contributed by atoms with E-state index in [0.717, 1.165) is 77.2 Å². The first-order chi connectivity index (χ1) is 21.1. The third kappa shape index (κ3) is 6.96. The third-order valence-electron chi connectivity index (χ3n) is 13.4. The Morgan fingerprint density at radius 1 is 0.864 bits per heavy atom. The molecule has 1 aliphatic heterocycles. The number of quaternary nitrogens is 1. The van der Waals surface area contributed by atoms with Gasteiger partial charge < -0.3 is 35.2 Å². The van der Waals surface area contributed by atoms with Gasteiger partial charge in [-0.3, -0.25) is 10.5 Å². The van der Waals surface area contributed by atoms with E-state index in [0.29, 0.717) is 43.9 Å². The van der Waals surface area contributed by atoms with Crippen LogP contribution in [0.5, 0.6) is 0 Å². The molecule has 8 N–H and O–H groups in total. The molecule has 0 bridgehead atoms. The summed E-state index contributed by atoms with van der Waals surface area (Å²) in [5.74, 6) is 0.573. The van der Waals surface area contributed by atoms with Gasteiger partial charge in [-0.15, -0.1) is 0 Å². The number of carbonyl (C=O) groups is 1. The normalized spacial score (nSPS) is 42.4. The van der Waals surface area contributed by atoms with Crippen LogP contribution in [0.3, 0.4) is 0 Å². The summed E-state index contributed by atoms with van der Waals surface area (Å²) in [4.78, 5) is 14.8. The second kappa shape index (κ2) is 15.1. The summed E-state index contributed by atoms with van der Waals surface area (Å²) in [6, 6.07) is 0. The van der Waals surface area contributed by atoms with E-state index in [1.807, 2.05) is 0 Å². The minimum Gasteiger partial charge on any atom is -0.392 e. The molecule has 0 aromatic heterocycles. The first kappa shape index (κ1) is 34.7. The quantitative estimate of drug-likeness (QED) is 0.193. The molecule has 0 radical (unpaired) electrons. The fourth-order valence-corrected chi connectivity index (χ4v) is 11.3. The molecule has 0 amide bonds. The molecule has 5 fully saturated rings. The maximum atomic E-state index is 14.8. The van der Waals surface area contributed by atoms with E-state index in [1.54, 1.807) is 14.2 Å². The Labute approximate surface area is 265 Å². The van der Waals surface area contributed by atoms with Crippen molar-refractivity contribution in [2.45, 2.75) is 158 Å². The predicted octanol–water partition coefficient (Wildman–Crippen LogP) is 2.40. The lowest BCUT2D eigenvalue weighted by Gasteiger charge is -2.56.